The summed E-state index contributed by atoms with van der Waals surface area (Å²) < 4.78 is 23.3. The Morgan fingerprint density at radius 1 is 1.04 bits per heavy atom. The van der Waals surface area contributed by atoms with E-state index in [1.54, 1.807) is 6.33 Å². The summed E-state index contributed by atoms with van der Waals surface area (Å²) >= 11 is 0. The number of piperazine rings is 1. The van der Waals surface area contributed by atoms with Crippen molar-refractivity contribution in [3.8, 4) is 0 Å². The van der Waals surface area contributed by atoms with E-state index in [-0.39, 0.29) is 6.04 Å². The van der Waals surface area contributed by atoms with Crippen LogP contribution in [0.25, 0.3) is 10.9 Å². The second-order valence-electron chi connectivity index (χ2n) is 6.29. The maximum Gasteiger partial charge on any atom is 0.151 e. The maximum absolute atomic E-state index is 11.7. The van der Waals surface area contributed by atoms with Gasteiger partial charge in [0.1, 0.15) is 12.1 Å². The van der Waals surface area contributed by atoms with Crippen LogP contribution in [0.3, 0.4) is 0 Å². The highest BCUT2D eigenvalue weighted by Gasteiger charge is 2.33. The van der Waals surface area contributed by atoms with Crippen molar-refractivity contribution in [3.05, 3.63) is 30.6 Å². The first-order valence-corrected chi connectivity index (χ1v) is 9.84. The number of aromatic nitrogens is 2. The van der Waals surface area contributed by atoms with Gasteiger partial charge in [0.05, 0.1) is 17.0 Å². The number of benzene rings is 1. The molecule has 1 atom stereocenters. The van der Waals surface area contributed by atoms with Gasteiger partial charge in [0, 0.05) is 37.6 Å². The van der Waals surface area contributed by atoms with Gasteiger partial charge in [-0.1, -0.05) is 12.1 Å². The summed E-state index contributed by atoms with van der Waals surface area (Å²) in [6.07, 6.45) is 2.40. The van der Waals surface area contributed by atoms with Crippen LogP contribution in [-0.2, 0) is 9.84 Å². The number of rotatable bonds is 2. The van der Waals surface area contributed by atoms with E-state index < -0.39 is 9.84 Å². The van der Waals surface area contributed by atoms with Gasteiger partial charge in [0.25, 0.3) is 0 Å². The molecule has 2 aromatic rings. The van der Waals surface area contributed by atoms with Crippen molar-refractivity contribution in [1.82, 2.24) is 14.9 Å². The molecule has 2 saturated heterocycles. The summed E-state index contributed by atoms with van der Waals surface area (Å²) in [6, 6.07) is 8.25. The van der Waals surface area contributed by atoms with Gasteiger partial charge in [0.2, 0.25) is 0 Å². The van der Waals surface area contributed by atoms with Crippen LogP contribution in [0.15, 0.2) is 30.6 Å². The minimum Gasteiger partial charge on any atom is -0.353 e. The molecule has 23 heavy (non-hydrogen) atoms. The zero-order chi connectivity index (χ0) is 15.9. The molecule has 0 spiro atoms. The number of fused-ring (bicyclic) bond motifs is 1. The summed E-state index contributed by atoms with van der Waals surface area (Å²) in [5.74, 6) is 1.65. The lowest BCUT2D eigenvalue weighted by Gasteiger charge is -2.38. The third-order valence-corrected chi connectivity index (χ3v) is 6.61. The van der Waals surface area contributed by atoms with Crippen LogP contribution in [0.5, 0.6) is 0 Å². The Balaban J connectivity index is 1.49. The summed E-state index contributed by atoms with van der Waals surface area (Å²) in [5, 5.41) is 1.08. The molecule has 0 unspecified atom stereocenters. The summed E-state index contributed by atoms with van der Waals surface area (Å²) in [5.41, 5.74) is 0.960. The minimum atomic E-state index is -2.82. The molecule has 7 heteroatoms. The van der Waals surface area contributed by atoms with E-state index in [0.29, 0.717) is 11.5 Å². The van der Waals surface area contributed by atoms with Crippen LogP contribution >= 0.6 is 0 Å². The van der Waals surface area contributed by atoms with Crippen molar-refractivity contribution < 1.29 is 8.42 Å². The number of nitrogens with zero attached hydrogens (tertiary/aromatic N) is 4. The fourth-order valence-corrected chi connectivity index (χ4v) is 5.37. The maximum atomic E-state index is 11.7. The van der Waals surface area contributed by atoms with E-state index in [9.17, 15) is 8.42 Å². The molecule has 3 heterocycles. The molecule has 0 aliphatic carbocycles. The highest BCUT2D eigenvalue weighted by atomic mass is 32.2. The van der Waals surface area contributed by atoms with Crippen LogP contribution in [0.4, 0.5) is 5.82 Å². The second kappa shape index (κ2) is 5.72. The van der Waals surface area contributed by atoms with Crippen LogP contribution < -0.4 is 4.90 Å². The van der Waals surface area contributed by atoms with Crippen molar-refractivity contribution >= 4 is 26.6 Å². The quantitative estimate of drug-likeness (QED) is 0.815. The second-order valence-corrected chi connectivity index (χ2v) is 8.52. The standard InChI is InChI=1S/C16H20N4O2S/c21-23(22)10-5-13(11-23)19-6-8-20(9-7-19)16-14-3-1-2-4-15(14)17-12-18-16/h1-4,12-13H,5-11H2/t13-/m0/s1. The molecule has 2 fully saturated rings. The molecule has 0 saturated carbocycles. The normalized spacial score (nSPS) is 25.0. The van der Waals surface area contributed by atoms with Crippen LogP contribution in [0, 0.1) is 0 Å². The number of sulfone groups is 1. The van der Waals surface area contributed by atoms with Crippen molar-refractivity contribution in [2.75, 3.05) is 42.6 Å². The first-order valence-electron chi connectivity index (χ1n) is 8.01. The summed E-state index contributed by atoms with van der Waals surface area (Å²) in [7, 11) is -2.82. The largest absolute Gasteiger partial charge is 0.353 e. The zero-order valence-electron chi connectivity index (χ0n) is 12.9. The van der Waals surface area contributed by atoms with Crippen LogP contribution in [-0.4, -0.2) is 67.0 Å². The average Bonchev–Trinajstić information content (AvgIpc) is 2.94. The Bertz CT molecular complexity index is 810. The Morgan fingerprint density at radius 3 is 2.57 bits per heavy atom. The predicted octanol–water partition coefficient (Wildman–Crippen LogP) is 0.939. The fourth-order valence-electron chi connectivity index (χ4n) is 3.60. The third-order valence-electron chi connectivity index (χ3n) is 4.86. The van der Waals surface area contributed by atoms with Gasteiger partial charge in [0.15, 0.2) is 9.84 Å². The Kier molecular flexibility index (Phi) is 3.69. The molecule has 6 nitrogen and oxygen atoms in total. The Morgan fingerprint density at radius 2 is 1.83 bits per heavy atom. The monoisotopic (exact) mass is 332 g/mol. The molecule has 2 aliphatic rings. The molecular weight excluding hydrogens is 312 g/mol. The molecule has 1 aromatic heterocycles. The lowest BCUT2D eigenvalue weighted by atomic mass is 10.1. The number of para-hydroxylation sites is 1. The Labute approximate surface area is 136 Å². The molecule has 2 aliphatic heterocycles. The molecular formula is C16H20N4O2S. The van der Waals surface area contributed by atoms with E-state index in [1.165, 1.54) is 0 Å². The van der Waals surface area contributed by atoms with Gasteiger partial charge in [-0.25, -0.2) is 18.4 Å². The zero-order valence-corrected chi connectivity index (χ0v) is 13.7. The lowest BCUT2D eigenvalue weighted by Crippen LogP contribution is -2.51. The highest BCUT2D eigenvalue weighted by molar-refractivity contribution is 7.91. The number of anilines is 1. The van der Waals surface area contributed by atoms with Crippen molar-refractivity contribution in [2.45, 2.75) is 12.5 Å². The van der Waals surface area contributed by atoms with Gasteiger partial charge >= 0.3 is 0 Å². The SMILES string of the molecule is O=S1(=O)CC[C@H](N2CCN(c3ncnc4ccccc34)CC2)C1. The smallest absolute Gasteiger partial charge is 0.151 e. The highest BCUT2D eigenvalue weighted by Crippen LogP contribution is 2.25. The number of hydrogen-bond donors (Lipinski definition) is 0. The lowest BCUT2D eigenvalue weighted by molar-refractivity contribution is 0.200. The van der Waals surface area contributed by atoms with E-state index in [2.05, 4.69) is 25.8 Å². The van der Waals surface area contributed by atoms with Crippen molar-refractivity contribution in [2.24, 2.45) is 0 Å². The van der Waals surface area contributed by atoms with Crippen molar-refractivity contribution in [3.63, 3.8) is 0 Å². The van der Waals surface area contributed by atoms with Crippen molar-refractivity contribution in [1.29, 1.82) is 0 Å². The molecule has 122 valence electrons. The Hall–Kier alpha value is -1.73. The van der Waals surface area contributed by atoms with Gasteiger partial charge in [-0.15, -0.1) is 0 Å². The van der Waals surface area contributed by atoms with Gasteiger partial charge < -0.3 is 4.90 Å². The molecule has 0 N–H and O–H groups in total. The topological polar surface area (TPSA) is 66.4 Å². The number of hydrogen-bond acceptors (Lipinski definition) is 6. The van der Waals surface area contributed by atoms with E-state index >= 15 is 0 Å². The average molecular weight is 332 g/mol. The molecule has 0 bridgehead atoms. The van der Waals surface area contributed by atoms with Gasteiger partial charge in [-0.2, -0.15) is 0 Å². The van der Waals surface area contributed by atoms with E-state index in [1.807, 2.05) is 18.2 Å². The summed E-state index contributed by atoms with van der Waals surface area (Å²) in [6.45, 7) is 3.52. The van der Waals surface area contributed by atoms with Gasteiger partial charge in [-0.05, 0) is 18.6 Å². The van der Waals surface area contributed by atoms with Crippen LogP contribution in [0.2, 0.25) is 0 Å². The first-order chi connectivity index (χ1) is 11.1. The molecule has 1 aromatic carbocycles. The first kappa shape index (κ1) is 14.8. The van der Waals surface area contributed by atoms with E-state index in [4.69, 9.17) is 0 Å². The third kappa shape index (κ3) is 2.90. The van der Waals surface area contributed by atoms with Gasteiger partial charge in [-0.3, -0.25) is 4.90 Å². The van der Waals surface area contributed by atoms with Crippen LogP contribution in [0.1, 0.15) is 6.42 Å². The molecule has 4 rings (SSSR count). The summed E-state index contributed by atoms with van der Waals surface area (Å²) in [4.78, 5) is 13.4. The fraction of sp³-hybridized carbons (Fsp3) is 0.500. The molecule has 0 amide bonds. The minimum absolute atomic E-state index is 0.198. The van der Waals surface area contributed by atoms with E-state index in [0.717, 1.165) is 49.3 Å². The molecule has 0 radical (unpaired) electrons. The predicted molar refractivity (Wildman–Crippen MR) is 90.4 cm³/mol.